The fourth-order valence-electron chi connectivity index (χ4n) is 2.09. The van der Waals surface area contributed by atoms with Gasteiger partial charge in [0.15, 0.2) is 0 Å². The normalized spacial score (nSPS) is 12.1. The van der Waals surface area contributed by atoms with E-state index in [0.717, 1.165) is 16.9 Å². The molecule has 0 spiro atoms. The zero-order valence-corrected chi connectivity index (χ0v) is 12.2. The minimum absolute atomic E-state index is 0.102. The van der Waals surface area contributed by atoms with Crippen molar-refractivity contribution in [3.63, 3.8) is 0 Å². The van der Waals surface area contributed by atoms with Crippen LogP contribution in [0.1, 0.15) is 17.9 Å². The van der Waals surface area contributed by atoms with Crippen LogP contribution in [-0.4, -0.2) is 20.2 Å². The SMILES string of the molecule is CC(Cl)c1ccccc1Nc1nnnn1-c1ccccc1. The largest absolute Gasteiger partial charge is 0.322 e. The van der Waals surface area contributed by atoms with Crippen molar-refractivity contribution in [2.75, 3.05) is 5.32 Å². The smallest absolute Gasteiger partial charge is 0.252 e. The first-order valence-corrected chi connectivity index (χ1v) is 7.03. The first-order valence-electron chi connectivity index (χ1n) is 6.59. The Labute approximate surface area is 127 Å². The molecule has 5 nitrogen and oxygen atoms in total. The molecule has 0 saturated carbocycles. The van der Waals surface area contributed by atoms with Gasteiger partial charge in [0.05, 0.1) is 11.1 Å². The Morgan fingerprint density at radius 1 is 1.05 bits per heavy atom. The molecule has 1 unspecified atom stereocenters. The summed E-state index contributed by atoms with van der Waals surface area (Å²) in [7, 11) is 0. The molecule has 0 aliphatic rings. The van der Waals surface area contributed by atoms with Crippen molar-refractivity contribution in [1.82, 2.24) is 20.2 Å². The molecule has 1 aromatic heterocycles. The number of rotatable bonds is 4. The van der Waals surface area contributed by atoms with Crippen molar-refractivity contribution >= 4 is 23.2 Å². The maximum absolute atomic E-state index is 6.21. The van der Waals surface area contributed by atoms with Crippen LogP contribution < -0.4 is 5.32 Å². The number of para-hydroxylation sites is 2. The molecule has 1 atom stereocenters. The van der Waals surface area contributed by atoms with Gasteiger partial charge in [-0.1, -0.05) is 41.5 Å². The number of hydrogen-bond donors (Lipinski definition) is 1. The number of benzene rings is 2. The third kappa shape index (κ3) is 2.87. The third-order valence-electron chi connectivity index (χ3n) is 3.11. The van der Waals surface area contributed by atoms with Gasteiger partial charge in [-0.15, -0.1) is 11.6 Å². The number of tetrazole rings is 1. The van der Waals surface area contributed by atoms with Gasteiger partial charge in [0.25, 0.3) is 5.95 Å². The number of alkyl halides is 1. The van der Waals surface area contributed by atoms with Gasteiger partial charge in [-0.25, -0.2) is 0 Å². The molecule has 106 valence electrons. The summed E-state index contributed by atoms with van der Waals surface area (Å²) >= 11 is 6.21. The van der Waals surface area contributed by atoms with E-state index in [4.69, 9.17) is 11.6 Å². The van der Waals surface area contributed by atoms with Crippen molar-refractivity contribution in [3.05, 3.63) is 60.2 Å². The van der Waals surface area contributed by atoms with Crippen LogP contribution in [0, 0.1) is 0 Å². The average Bonchev–Trinajstić information content (AvgIpc) is 2.96. The summed E-state index contributed by atoms with van der Waals surface area (Å²) in [5.41, 5.74) is 2.79. The fraction of sp³-hybridized carbons (Fsp3) is 0.133. The van der Waals surface area contributed by atoms with Gasteiger partial charge in [-0.05, 0) is 41.1 Å². The number of aromatic nitrogens is 4. The Balaban J connectivity index is 1.96. The number of nitrogens with zero attached hydrogens (tertiary/aromatic N) is 4. The molecule has 0 amide bonds. The molecule has 21 heavy (non-hydrogen) atoms. The zero-order valence-electron chi connectivity index (χ0n) is 11.4. The first-order chi connectivity index (χ1) is 10.3. The van der Waals surface area contributed by atoms with Crippen molar-refractivity contribution in [2.45, 2.75) is 12.3 Å². The second-order valence-corrected chi connectivity index (χ2v) is 5.23. The van der Waals surface area contributed by atoms with E-state index in [1.807, 2.05) is 61.5 Å². The quantitative estimate of drug-likeness (QED) is 0.746. The molecular formula is C15H14ClN5. The predicted octanol–water partition coefficient (Wildman–Crippen LogP) is 3.71. The van der Waals surface area contributed by atoms with E-state index >= 15 is 0 Å². The van der Waals surface area contributed by atoms with E-state index < -0.39 is 0 Å². The standard InChI is InChI=1S/C15H14ClN5/c1-11(16)13-9-5-6-10-14(13)17-15-18-19-20-21(15)12-7-3-2-4-8-12/h2-11H,1H3,(H,17,18,20). The zero-order chi connectivity index (χ0) is 14.7. The predicted molar refractivity (Wildman–Crippen MR) is 83.1 cm³/mol. The average molecular weight is 300 g/mol. The lowest BCUT2D eigenvalue weighted by molar-refractivity contribution is 0.791. The van der Waals surface area contributed by atoms with Crippen LogP contribution in [0.2, 0.25) is 0 Å². The summed E-state index contributed by atoms with van der Waals surface area (Å²) in [6.07, 6.45) is 0. The third-order valence-corrected chi connectivity index (χ3v) is 3.34. The van der Waals surface area contributed by atoms with Crippen LogP contribution in [0.15, 0.2) is 54.6 Å². The molecule has 0 aliphatic carbocycles. The van der Waals surface area contributed by atoms with Crippen molar-refractivity contribution in [3.8, 4) is 5.69 Å². The molecule has 0 saturated heterocycles. The fourth-order valence-corrected chi connectivity index (χ4v) is 2.28. The molecule has 1 heterocycles. The molecule has 6 heteroatoms. The van der Waals surface area contributed by atoms with Gasteiger partial charge in [0, 0.05) is 5.69 Å². The highest BCUT2D eigenvalue weighted by atomic mass is 35.5. The second kappa shape index (κ2) is 5.93. The van der Waals surface area contributed by atoms with Crippen LogP contribution in [-0.2, 0) is 0 Å². The van der Waals surface area contributed by atoms with E-state index in [0.29, 0.717) is 5.95 Å². The van der Waals surface area contributed by atoms with Crippen LogP contribution in [0.25, 0.3) is 5.69 Å². The molecule has 0 aliphatic heterocycles. The van der Waals surface area contributed by atoms with Gasteiger partial charge < -0.3 is 5.32 Å². The van der Waals surface area contributed by atoms with E-state index in [1.165, 1.54) is 0 Å². The van der Waals surface area contributed by atoms with Gasteiger partial charge in [0.2, 0.25) is 0 Å². The number of anilines is 2. The summed E-state index contributed by atoms with van der Waals surface area (Å²) in [5.74, 6) is 0.547. The van der Waals surface area contributed by atoms with Crippen LogP contribution in [0.5, 0.6) is 0 Å². The monoisotopic (exact) mass is 299 g/mol. The minimum Gasteiger partial charge on any atom is -0.322 e. The Hall–Kier alpha value is -2.40. The molecule has 0 fully saturated rings. The van der Waals surface area contributed by atoms with Gasteiger partial charge in [-0.3, -0.25) is 0 Å². The van der Waals surface area contributed by atoms with E-state index in [2.05, 4.69) is 20.8 Å². The summed E-state index contributed by atoms with van der Waals surface area (Å²) in [6.45, 7) is 1.93. The van der Waals surface area contributed by atoms with E-state index in [1.54, 1.807) is 4.68 Å². The summed E-state index contributed by atoms with van der Waals surface area (Å²) in [6, 6.07) is 17.6. The van der Waals surface area contributed by atoms with Crippen molar-refractivity contribution in [2.24, 2.45) is 0 Å². The lowest BCUT2D eigenvalue weighted by atomic mass is 10.1. The van der Waals surface area contributed by atoms with E-state index in [-0.39, 0.29) is 5.38 Å². The first kappa shape index (κ1) is 13.6. The molecule has 0 bridgehead atoms. The number of halogens is 1. The molecular weight excluding hydrogens is 286 g/mol. The van der Waals surface area contributed by atoms with Gasteiger partial charge >= 0.3 is 0 Å². The van der Waals surface area contributed by atoms with Gasteiger partial charge in [-0.2, -0.15) is 4.68 Å². The Bertz CT molecular complexity index is 724. The number of hydrogen-bond acceptors (Lipinski definition) is 4. The highest BCUT2D eigenvalue weighted by Crippen LogP contribution is 2.29. The lowest BCUT2D eigenvalue weighted by Gasteiger charge is -2.12. The van der Waals surface area contributed by atoms with Crippen LogP contribution >= 0.6 is 11.6 Å². The van der Waals surface area contributed by atoms with Crippen LogP contribution in [0.4, 0.5) is 11.6 Å². The van der Waals surface area contributed by atoms with E-state index in [9.17, 15) is 0 Å². The number of nitrogens with one attached hydrogen (secondary N) is 1. The maximum atomic E-state index is 6.21. The maximum Gasteiger partial charge on any atom is 0.252 e. The van der Waals surface area contributed by atoms with Crippen molar-refractivity contribution in [1.29, 1.82) is 0 Å². The molecule has 3 aromatic rings. The highest BCUT2D eigenvalue weighted by molar-refractivity contribution is 6.21. The van der Waals surface area contributed by atoms with Crippen molar-refractivity contribution < 1.29 is 0 Å². The Morgan fingerprint density at radius 2 is 1.76 bits per heavy atom. The summed E-state index contributed by atoms with van der Waals surface area (Å²) < 4.78 is 1.65. The van der Waals surface area contributed by atoms with Gasteiger partial charge in [0.1, 0.15) is 0 Å². The molecule has 2 aromatic carbocycles. The molecule has 0 radical (unpaired) electrons. The molecule has 1 N–H and O–H groups in total. The molecule has 3 rings (SSSR count). The lowest BCUT2D eigenvalue weighted by Crippen LogP contribution is -2.05. The summed E-state index contributed by atoms with van der Waals surface area (Å²) in [5, 5.41) is 14.9. The Kier molecular flexibility index (Phi) is 3.83. The Morgan fingerprint density at radius 3 is 2.52 bits per heavy atom. The van der Waals surface area contributed by atoms with Crippen LogP contribution in [0.3, 0.4) is 0 Å². The topological polar surface area (TPSA) is 55.6 Å². The summed E-state index contributed by atoms with van der Waals surface area (Å²) in [4.78, 5) is 0. The minimum atomic E-state index is -0.102. The second-order valence-electron chi connectivity index (χ2n) is 4.58. The highest BCUT2D eigenvalue weighted by Gasteiger charge is 2.12.